The summed E-state index contributed by atoms with van der Waals surface area (Å²) in [6, 6.07) is 8.87. The summed E-state index contributed by atoms with van der Waals surface area (Å²) in [5, 5.41) is 9.71. The average Bonchev–Trinajstić information content (AvgIpc) is 2.79. The van der Waals surface area contributed by atoms with Gasteiger partial charge in [0.15, 0.2) is 11.3 Å². The van der Waals surface area contributed by atoms with Gasteiger partial charge in [-0.2, -0.15) is 0 Å². The van der Waals surface area contributed by atoms with Crippen molar-refractivity contribution in [3.05, 3.63) is 59.1 Å². The summed E-state index contributed by atoms with van der Waals surface area (Å²) in [5.41, 5.74) is 0.853. The number of hydrogen-bond acceptors (Lipinski definition) is 2. The minimum atomic E-state index is -1.15. The summed E-state index contributed by atoms with van der Waals surface area (Å²) in [6.45, 7) is 0. The summed E-state index contributed by atoms with van der Waals surface area (Å²) in [4.78, 5) is 15.7. The quantitative estimate of drug-likeness (QED) is 0.786. The maximum atomic E-state index is 13.3. The molecule has 0 aliphatic carbocycles. The number of benzene rings is 1. The van der Waals surface area contributed by atoms with Gasteiger partial charge in [0.05, 0.1) is 5.02 Å². The van der Waals surface area contributed by atoms with Crippen molar-refractivity contribution in [3.8, 4) is 11.3 Å². The van der Waals surface area contributed by atoms with Crippen LogP contribution in [-0.2, 0) is 0 Å². The van der Waals surface area contributed by atoms with Crippen LogP contribution in [0.3, 0.4) is 0 Å². The molecule has 0 saturated heterocycles. The smallest absolute Gasteiger partial charge is 0.355 e. The Balaban J connectivity index is 2.38. The highest BCUT2D eigenvalue weighted by molar-refractivity contribution is 6.33. The molecule has 0 atom stereocenters. The van der Waals surface area contributed by atoms with Crippen LogP contribution in [0.2, 0.25) is 5.02 Å². The highest BCUT2D eigenvalue weighted by Crippen LogP contribution is 2.27. The fourth-order valence-corrected chi connectivity index (χ4v) is 2.28. The Labute approximate surface area is 118 Å². The summed E-state index contributed by atoms with van der Waals surface area (Å²) >= 11 is 6.02. The predicted molar refractivity (Wildman–Crippen MR) is 72.6 cm³/mol. The van der Waals surface area contributed by atoms with Gasteiger partial charge in [-0.15, -0.1) is 0 Å². The first kappa shape index (κ1) is 12.6. The zero-order chi connectivity index (χ0) is 14.3. The van der Waals surface area contributed by atoms with Crippen LogP contribution in [0.1, 0.15) is 10.5 Å². The molecule has 0 fully saturated rings. The van der Waals surface area contributed by atoms with Gasteiger partial charge in [0.25, 0.3) is 0 Å². The molecular weight excluding hydrogens is 283 g/mol. The van der Waals surface area contributed by atoms with Gasteiger partial charge in [0.1, 0.15) is 11.5 Å². The number of nitrogens with zero attached hydrogens (tertiary/aromatic N) is 2. The van der Waals surface area contributed by atoms with Crippen molar-refractivity contribution >= 4 is 23.2 Å². The minimum Gasteiger partial charge on any atom is -0.476 e. The molecular formula is C14H8ClFN2O2. The van der Waals surface area contributed by atoms with Crippen molar-refractivity contribution in [1.29, 1.82) is 0 Å². The van der Waals surface area contributed by atoms with Crippen LogP contribution >= 0.6 is 11.6 Å². The van der Waals surface area contributed by atoms with Crippen molar-refractivity contribution in [1.82, 2.24) is 9.38 Å². The number of carboxylic acid groups (broad SMARTS) is 1. The summed E-state index contributed by atoms with van der Waals surface area (Å²) in [5.74, 6) is -1.61. The topological polar surface area (TPSA) is 54.6 Å². The van der Waals surface area contributed by atoms with Crippen LogP contribution in [0.4, 0.5) is 4.39 Å². The van der Waals surface area contributed by atoms with Crippen LogP contribution in [0.15, 0.2) is 42.6 Å². The maximum Gasteiger partial charge on any atom is 0.355 e. The Hall–Kier alpha value is -2.40. The molecule has 1 aromatic carbocycles. The maximum absolute atomic E-state index is 13.3. The molecule has 4 nitrogen and oxygen atoms in total. The highest BCUT2D eigenvalue weighted by Gasteiger charge is 2.21. The number of carboxylic acids is 1. The molecule has 0 spiro atoms. The average molecular weight is 291 g/mol. The summed E-state index contributed by atoms with van der Waals surface area (Å²) < 4.78 is 14.7. The molecule has 0 bridgehead atoms. The zero-order valence-corrected chi connectivity index (χ0v) is 10.8. The van der Waals surface area contributed by atoms with Crippen LogP contribution < -0.4 is 0 Å². The zero-order valence-electron chi connectivity index (χ0n) is 10.0. The SMILES string of the molecule is O=C(O)c1c(-c2cccc(F)c2)nc2c(Cl)cccn12. The second kappa shape index (κ2) is 4.61. The largest absolute Gasteiger partial charge is 0.476 e. The third-order valence-corrected chi connectivity index (χ3v) is 3.20. The minimum absolute atomic E-state index is 0.0481. The van der Waals surface area contributed by atoms with Crippen molar-refractivity contribution < 1.29 is 14.3 Å². The molecule has 6 heteroatoms. The molecule has 3 aromatic rings. The molecule has 0 aliphatic rings. The standard InChI is InChI=1S/C14H8ClFN2O2/c15-10-5-2-6-18-12(14(19)20)11(17-13(10)18)8-3-1-4-9(16)7-8/h1-7H,(H,19,20). The van der Waals surface area contributed by atoms with Crippen LogP contribution in [0.5, 0.6) is 0 Å². The lowest BCUT2D eigenvalue weighted by atomic mass is 10.1. The van der Waals surface area contributed by atoms with Gasteiger partial charge in [0, 0.05) is 11.8 Å². The van der Waals surface area contributed by atoms with Crippen LogP contribution in [0, 0.1) is 5.82 Å². The first-order valence-electron chi connectivity index (χ1n) is 5.74. The number of aromatic nitrogens is 2. The molecule has 2 aromatic heterocycles. The highest BCUT2D eigenvalue weighted by atomic mass is 35.5. The normalized spacial score (nSPS) is 10.9. The second-order valence-corrected chi connectivity index (χ2v) is 4.58. The predicted octanol–water partition coefficient (Wildman–Crippen LogP) is 3.49. The lowest BCUT2D eigenvalue weighted by molar-refractivity contribution is 0.0690. The van der Waals surface area contributed by atoms with Gasteiger partial charge in [0.2, 0.25) is 0 Å². The molecule has 2 heterocycles. The fourth-order valence-electron chi connectivity index (χ4n) is 2.08. The number of imidazole rings is 1. The second-order valence-electron chi connectivity index (χ2n) is 4.17. The van der Waals surface area contributed by atoms with Gasteiger partial charge in [-0.1, -0.05) is 23.7 Å². The third-order valence-electron chi connectivity index (χ3n) is 2.90. The molecule has 1 N–H and O–H groups in total. The summed E-state index contributed by atoms with van der Waals surface area (Å²) in [7, 11) is 0. The fraction of sp³-hybridized carbons (Fsp3) is 0. The molecule has 3 rings (SSSR count). The number of pyridine rings is 1. The number of fused-ring (bicyclic) bond motifs is 1. The van der Waals surface area contributed by atoms with Crippen molar-refractivity contribution in [2.24, 2.45) is 0 Å². The van der Waals surface area contributed by atoms with E-state index in [1.54, 1.807) is 24.4 Å². The van der Waals surface area contributed by atoms with Crippen molar-refractivity contribution in [2.75, 3.05) is 0 Å². The number of carbonyl (C=O) groups is 1. The van der Waals surface area contributed by atoms with E-state index in [0.717, 1.165) is 0 Å². The molecule has 0 unspecified atom stereocenters. The van der Waals surface area contributed by atoms with Crippen LogP contribution in [-0.4, -0.2) is 20.5 Å². The van der Waals surface area contributed by atoms with Gasteiger partial charge in [-0.05, 0) is 24.3 Å². The lowest BCUT2D eigenvalue weighted by Gasteiger charge is -2.00. The van der Waals surface area contributed by atoms with E-state index in [2.05, 4.69) is 4.98 Å². The molecule has 0 radical (unpaired) electrons. The first-order valence-corrected chi connectivity index (χ1v) is 6.11. The van der Waals surface area contributed by atoms with E-state index in [0.29, 0.717) is 16.2 Å². The van der Waals surface area contributed by atoms with Crippen LogP contribution in [0.25, 0.3) is 16.9 Å². The number of aromatic carboxylic acids is 1. The van der Waals surface area contributed by atoms with E-state index < -0.39 is 11.8 Å². The Morgan fingerprint density at radius 2 is 2.10 bits per heavy atom. The summed E-state index contributed by atoms with van der Waals surface area (Å²) in [6.07, 6.45) is 1.56. The van der Waals surface area contributed by atoms with E-state index >= 15 is 0 Å². The Kier molecular flexibility index (Phi) is 2.91. The van der Waals surface area contributed by atoms with Crippen molar-refractivity contribution in [2.45, 2.75) is 0 Å². The van der Waals surface area contributed by atoms with E-state index in [1.165, 1.54) is 22.6 Å². The number of hydrogen-bond donors (Lipinski definition) is 1. The molecule has 0 amide bonds. The molecule has 0 saturated carbocycles. The number of halogens is 2. The van der Waals surface area contributed by atoms with E-state index in [-0.39, 0.29) is 11.4 Å². The van der Waals surface area contributed by atoms with Gasteiger partial charge >= 0.3 is 5.97 Å². The van der Waals surface area contributed by atoms with Gasteiger partial charge in [-0.3, -0.25) is 4.40 Å². The monoisotopic (exact) mass is 290 g/mol. The Morgan fingerprint density at radius 1 is 1.30 bits per heavy atom. The molecule has 20 heavy (non-hydrogen) atoms. The number of rotatable bonds is 2. The molecule has 100 valence electrons. The Bertz CT molecular complexity index is 829. The molecule has 0 aliphatic heterocycles. The van der Waals surface area contributed by atoms with E-state index in [9.17, 15) is 14.3 Å². The van der Waals surface area contributed by atoms with E-state index in [4.69, 9.17) is 11.6 Å². The van der Waals surface area contributed by atoms with Crippen molar-refractivity contribution in [3.63, 3.8) is 0 Å². The third kappa shape index (κ3) is 1.92. The first-order chi connectivity index (χ1) is 9.58. The van der Waals surface area contributed by atoms with Gasteiger partial charge in [-0.25, -0.2) is 14.2 Å². The Morgan fingerprint density at radius 3 is 2.80 bits per heavy atom. The van der Waals surface area contributed by atoms with E-state index in [1.807, 2.05) is 0 Å². The lowest BCUT2D eigenvalue weighted by Crippen LogP contribution is -2.03. The van der Waals surface area contributed by atoms with Gasteiger partial charge < -0.3 is 5.11 Å².